The third-order valence-electron chi connectivity index (χ3n) is 6.71. The predicted octanol–water partition coefficient (Wildman–Crippen LogP) is 5.37. The molecule has 0 atom stereocenters. The van der Waals surface area contributed by atoms with Gasteiger partial charge in [-0.1, -0.05) is 62.1 Å². The third kappa shape index (κ3) is 7.03. The van der Waals surface area contributed by atoms with Crippen molar-refractivity contribution in [2.24, 2.45) is 0 Å². The fourth-order valence-corrected chi connectivity index (χ4v) is 4.77. The van der Waals surface area contributed by atoms with E-state index in [0.717, 1.165) is 55.8 Å². The van der Waals surface area contributed by atoms with Crippen LogP contribution in [0.2, 0.25) is 0 Å². The van der Waals surface area contributed by atoms with E-state index in [4.69, 9.17) is 28.9 Å². The van der Waals surface area contributed by atoms with Gasteiger partial charge in [-0.05, 0) is 65.9 Å². The number of rotatable bonds is 15. The molecule has 2 N–H and O–H groups in total. The van der Waals surface area contributed by atoms with Crippen LogP contribution in [0.3, 0.4) is 0 Å². The van der Waals surface area contributed by atoms with Crippen LogP contribution >= 0.6 is 0 Å². The molecule has 0 aromatic heterocycles. The number of hydrogen-bond donors (Lipinski definition) is 2. The molecular formula is C29H37BO6. The lowest BCUT2D eigenvalue weighted by Crippen LogP contribution is -2.29. The van der Waals surface area contributed by atoms with E-state index in [1.165, 1.54) is 16.7 Å². The van der Waals surface area contributed by atoms with Gasteiger partial charge in [0.05, 0.1) is 21.3 Å². The molecule has 0 saturated heterocycles. The maximum Gasteiger partial charge on any atom is 0.633 e. The van der Waals surface area contributed by atoms with Gasteiger partial charge in [0.2, 0.25) is 0 Å². The van der Waals surface area contributed by atoms with Crippen LogP contribution in [0.1, 0.15) is 55.2 Å². The SMILES string of the molecule is COc1ccc(C(CCCCCCCOB(O)O)(c2ccc(OC)cc2)c2ccc(OC)cc2)cc1. The molecule has 0 amide bonds. The molecule has 3 rings (SSSR count). The molecule has 3 aromatic carbocycles. The van der Waals surface area contributed by atoms with Crippen molar-refractivity contribution in [1.29, 1.82) is 0 Å². The molecule has 0 bridgehead atoms. The maximum atomic E-state index is 8.82. The Kier molecular flexibility index (Phi) is 10.7. The topological polar surface area (TPSA) is 77.4 Å². The molecule has 0 radical (unpaired) electrons. The van der Waals surface area contributed by atoms with Crippen LogP contribution in [0.5, 0.6) is 17.2 Å². The van der Waals surface area contributed by atoms with Crippen molar-refractivity contribution in [1.82, 2.24) is 0 Å². The summed E-state index contributed by atoms with van der Waals surface area (Å²) in [5, 5.41) is 17.6. The van der Waals surface area contributed by atoms with E-state index in [1.807, 2.05) is 36.4 Å². The third-order valence-corrected chi connectivity index (χ3v) is 6.71. The highest BCUT2D eigenvalue weighted by atomic mass is 16.6. The minimum atomic E-state index is -1.69. The van der Waals surface area contributed by atoms with Crippen LogP contribution in [0, 0.1) is 0 Å². The van der Waals surface area contributed by atoms with Crippen molar-refractivity contribution in [2.75, 3.05) is 27.9 Å². The second kappa shape index (κ2) is 13.9. The van der Waals surface area contributed by atoms with Gasteiger partial charge in [0, 0.05) is 12.0 Å². The summed E-state index contributed by atoms with van der Waals surface area (Å²) in [6, 6.07) is 25.1. The van der Waals surface area contributed by atoms with Gasteiger partial charge in [-0.2, -0.15) is 0 Å². The zero-order chi connectivity index (χ0) is 25.8. The number of ether oxygens (including phenoxy) is 3. The lowest BCUT2D eigenvalue weighted by molar-refractivity contribution is 0.182. The number of unbranched alkanes of at least 4 members (excludes halogenated alkanes) is 4. The smallest absolute Gasteiger partial charge is 0.497 e. The first kappa shape index (κ1) is 27.6. The van der Waals surface area contributed by atoms with E-state index in [-0.39, 0.29) is 5.41 Å². The Hall–Kier alpha value is -3.00. The summed E-state index contributed by atoms with van der Waals surface area (Å²) in [5.41, 5.74) is 3.23. The second-order valence-electron chi connectivity index (χ2n) is 8.81. The first-order valence-electron chi connectivity index (χ1n) is 12.4. The number of benzene rings is 3. The Morgan fingerprint density at radius 3 is 1.28 bits per heavy atom. The number of hydrogen-bond acceptors (Lipinski definition) is 6. The van der Waals surface area contributed by atoms with E-state index >= 15 is 0 Å². The first-order chi connectivity index (χ1) is 17.5. The molecule has 0 heterocycles. The molecule has 0 aliphatic heterocycles. The largest absolute Gasteiger partial charge is 0.633 e. The standard InChI is InChI=1S/C29H37BO6/c1-33-26-15-9-23(10-16-26)29(24-11-17-27(34-2)18-12-24,25-13-19-28(35-3)20-14-25)21-7-5-4-6-8-22-36-30(31)32/h9-20,31-32H,4-8,21-22H2,1-3H3. The van der Waals surface area contributed by atoms with Crippen molar-refractivity contribution in [3.8, 4) is 17.2 Å². The van der Waals surface area contributed by atoms with Crippen molar-refractivity contribution in [2.45, 2.75) is 43.9 Å². The summed E-state index contributed by atoms with van der Waals surface area (Å²) in [4.78, 5) is 0. The Labute approximate surface area is 215 Å². The fourth-order valence-electron chi connectivity index (χ4n) is 4.77. The van der Waals surface area contributed by atoms with Crippen LogP contribution in [-0.2, 0) is 10.1 Å². The summed E-state index contributed by atoms with van der Waals surface area (Å²) >= 11 is 0. The molecule has 7 heteroatoms. The van der Waals surface area contributed by atoms with Gasteiger partial charge in [0.15, 0.2) is 0 Å². The average Bonchev–Trinajstić information content (AvgIpc) is 2.92. The summed E-state index contributed by atoms with van der Waals surface area (Å²) in [6.07, 6.45) is 5.84. The molecule has 36 heavy (non-hydrogen) atoms. The molecule has 3 aromatic rings. The quantitative estimate of drug-likeness (QED) is 0.169. The zero-order valence-electron chi connectivity index (χ0n) is 21.5. The van der Waals surface area contributed by atoms with Gasteiger partial charge in [-0.25, -0.2) is 0 Å². The predicted molar refractivity (Wildman–Crippen MR) is 143 cm³/mol. The molecule has 6 nitrogen and oxygen atoms in total. The van der Waals surface area contributed by atoms with Gasteiger partial charge in [0.1, 0.15) is 17.2 Å². The van der Waals surface area contributed by atoms with E-state index in [2.05, 4.69) is 36.4 Å². The van der Waals surface area contributed by atoms with Gasteiger partial charge in [-0.15, -0.1) is 0 Å². The minimum absolute atomic E-state index is 0.352. The summed E-state index contributed by atoms with van der Waals surface area (Å²) < 4.78 is 21.1. The lowest BCUT2D eigenvalue weighted by atomic mass is 9.66. The average molecular weight is 492 g/mol. The van der Waals surface area contributed by atoms with Crippen LogP contribution in [-0.4, -0.2) is 45.3 Å². The van der Waals surface area contributed by atoms with Crippen molar-refractivity contribution in [3.63, 3.8) is 0 Å². The van der Waals surface area contributed by atoms with Crippen molar-refractivity contribution in [3.05, 3.63) is 89.5 Å². The maximum absolute atomic E-state index is 8.82. The van der Waals surface area contributed by atoms with Gasteiger partial charge >= 0.3 is 7.32 Å². The van der Waals surface area contributed by atoms with Crippen LogP contribution in [0.4, 0.5) is 0 Å². The Bertz CT molecular complexity index is 903. The Balaban J connectivity index is 1.93. The normalized spacial score (nSPS) is 11.2. The monoisotopic (exact) mass is 492 g/mol. The van der Waals surface area contributed by atoms with Crippen LogP contribution in [0.15, 0.2) is 72.8 Å². The molecule has 192 valence electrons. The zero-order valence-corrected chi connectivity index (χ0v) is 21.5. The first-order valence-corrected chi connectivity index (χ1v) is 12.4. The van der Waals surface area contributed by atoms with Gasteiger partial charge < -0.3 is 28.9 Å². The highest BCUT2D eigenvalue weighted by Crippen LogP contribution is 2.45. The molecular weight excluding hydrogens is 455 g/mol. The molecule has 0 unspecified atom stereocenters. The number of methoxy groups -OCH3 is 3. The lowest BCUT2D eigenvalue weighted by Gasteiger charge is -2.36. The highest BCUT2D eigenvalue weighted by molar-refractivity contribution is 6.32. The molecule has 0 aliphatic rings. The molecule has 0 saturated carbocycles. The van der Waals surface area contributed by atoms with Gasteiger partial charge in [0.25, 0.3) is 0 Å². The van der Waals surface area contributed by atoms with E-state index in [9.17, 15) is 0 Å². The summed E-state index contributed by atoms with van der Waals surface area (Å²) in [6.45, 7) is 0.352. The van der Waals surface area contributed by atoms with Gasteiger partial charge in [-0.3, -0.25) is 0 Å². The highest BCUT2D eigenvalue weighted by Gasteiger charge is 2.36. The molecule has 0 spiro atoms. The van der Waals surface area contributed by atoms with Crippen molar-refractivity contribution < 1.29 is 28.9 Å². The second-order valence-corrected chi connectivity index (χ2v) is 8.81. The van der Waals surface area contributed by atoms with E-state index in [0.29, 0.717) is 6.61 Å². The van der Waals surface area contributed by atoms with Crippen molar-refractivity contribution >= 4 is 7.32 Å². The molecule has 0 fully saturated rings. The summed E-state index contributed by atoms with van der Waals surface area (Å²) in [5.74, 6) is 2.48. The van der Waals surface area contributed by atoms with E-state index in [1.54, 1.807) is 21.3 Å². The molecule has 0 aliphatic carbocycles. The minimum Gasteiger partial charge on any atom is -0.497 e. The van der Waals surface area contributed by atoms with Crippen LogP contribution < -0.4 is 14.2 Å². The van der Waals surface area contributed by atoms with E-state index < -0.39 is 7.32 Å². The Morgan fingerprint density at radius 1 is 0.556 bits per heavy atom. The van der Waals surface area contributed by atoms with Crippen LogP contribution in [0.25, 0.3) is 0 Å². The fraction of sp³-hybridized carbons (Fsp3) is 0.379. The Morgan fingerprint density at radius 2 is 0.917 bits per heavy atom. The summed E-state index contributed by atoms with van der Waals surface area (Å²) in [7, 11) is 3.36.